The van der Waals surface area contributed by atoms with Crippen molar-refractivity contribution in [2.45, 2.75) is 98.2 Å². The maximum atomic E-state index is 13.3. The van der Waals surface area contributed by atoms with Gasteiger partial charge in [-0.25, -0.2) is 4.99 Å². The Kier molecular flexibility index (Phi) is 11.8. The molecule has 0 fully saturated rings. The Morgan fingerprint density at radius 2 is 1.85 bits per heavy atom. The third-order valence-corrected chi connectivity index (χ3v) is 6.93. The predicted octanol–water partition coefficient (Wildman–Crippen LogP) is 5.92. The number of carbonyl (C=O) groups is 2. The molecule has 2 unspecified atom stereocenters. The molecule has 0 spiro atoms. The Morgan fingerprint density at radius 3 is 2.58 bits per heavy atom. The highest BCUT2D eigenvalue weighted by Crippen LogP contribution is 2.34. The minimum atomic E-state index is -0.176. The number of hydrogen-bond donors (Lipinski definition) is 2. The van der Waals surface area contributed by atoms with Gasteiger partial charge in [-0.1, -0.05) is 52.7 Å². The Labute approximate surface area is 239 Å². The quantitative estimate of drug-likeness (QED) is 0.483. The fourth-order valence-corrected chi connectivity index (χ4v) is 5.09. The van der Waals surface area contributed by atoms with Crippen LogP contribution in [0.5, 0.6) is 11.5 Å². The first-order chi connectivity index (χ1) is 19.4. The standard InChI is InChI=1S/C27H32N4O4.C3H8.C2H6/c1-2-34-23-10-8-18-14-19(23)16-31-25(32)15-20(29-27(31)28)6-4-3-5-17-7-9-24-21(13-17)22(11-12-35-24)30-26(18)33;1-3-2;1-2/h7-10,13-14,20,22H,2-6,11-12,15-16H2,1H3,(H2,28,29)(H,30,33);3H2,1-2H3;1-2H3. The molecule has 40 heavy (non-hydrogen) atoms. The molecule has 0 aliphatic carbocycles. The summed E-state index contributed by atoms with van der Waals surface area (Å²) in [5, 5.41) is 3.19. The number of nitrogens with one attached hydrogen (secondary N) is 1. The Bertz CT molecular complexity index is 1180. The van der Waals surface area contributed by atoms with Crippen LogP contribution in [-0.2, 0) is 17.8 Å². The van der Waals surface area contributed by atoms with E-state index in [4.69, 9.17) is 15.2 Å². The average Bonchev–Trinajstić information content (AvgIpc) is 2.95. The molecule has 0 saturated carbocycles. The lowest BCUT2D eigenvalue weighted by atomic mass is 9.95. The van der Waals surface area contributed by atoms with Gasteiger partial charge in [0.2, 0.25) is 5.91 Å². The highest BCUT2D eigenvalue weighted by molar-refractivity contribution is 5.99. The lowest BCUT2D eigenvalue weighted by Crippen LogP contribution is -2.46. The monoisotopic (exact) mass is 550 g/mol. The number of nitrogens with two attached hydrogens (primary N) is 1. The fraction of sp³-hybridized carbons (Fsp3) is 0.531. The van der Waals surface area contributed by atoms with Gasteiger partial charge in [-0.05, 0) is 56.0 Å². The van der Waals surface area contributed by atoms with Crippen LogP contribution in [0.15, 0.2) is 41.4 Å². The van der Waals surface area contributed by atoms with Crippen molar-refractivity contribution < 1.29 is 19.1 Å². The van der Waals surface area contributed by atoms with Gasteiger partial charge >= 0.3 is 0 Å². The van der Waals surface area contributed by atoms with Crippen molar-refractivity contribution in [1.82, 2.24) is 10.2 Å². The van der Waals surface area contributed by atoms with Crippen molar-refractivity contribution in [3.63, 3.8) is 0 Å². The molecule has 6 rings (SSSR count). The molecule has 2 amide bonds. The Morgan fingerprint density at radius 1 is 1.07 bits per heavy atom. The Balaban J connectivity index is 0.000000827. The number of amides is 2. The first kappa shape index (κ1) is 31.0. The number of nitrogens with zero attached hydrogens (tertiary/aromatic N) is 2. The lowest BCUT2D eigenvalue weighted by Gasteiger charge is -2.30. The van der Waals surface area contributed by atoms with Crippen molar-refractivity contribution in [3.8, 4) is 11.5 Å². The van der Waals surface area contributed by atoms with Crippen LogP contribution in [0, 0.1) is 0 Å². The van der Waals surface area contributed by atoms with Gasteiger partial charge in [-0.15, -0.1) is 0 Å². The van der Waals surface area contributed by atoms with Gasteiger partial charge in [0.25, 0.3) is 5.91 Å². The Hall–Kier alpha value is -3.55. The number of rotatable bonds is 2. The molecule has 3 N–H and O–H groups in total. The van der Waals surface area contributed by atoms with Gasteiger partial charge in [0.1, 0.15) is 11.5 Å². The molecule has 4 aliphatic heterocycles. The minimum Gasteiger partial charge on any atom is -0.494 e. The second-order valence-electron chi connectivity index (χ2n) is 10.1. The van der Waals surface area contributed by atoms with E-state index in [1.54, 1.807) is 18.2 Å². The van der Waals surface area contributed by atoms with Gasteiger partial charge < -0.3 is 20.5 Å². The van der Waals surface area contributed by atoms with E-state index in [0.717, 1.165) is 42.6 Å². The van der Waals surface area contributed by atoms with Gasteiger partial charge in [-0.3, -0.25) is 14.5 Å². The van der Waals surface area contributed by atoms with E-state index >= 15 is 0 Å². The number of carbonyl (C=O) groups excluding carboxylic acids is 2. The highest BCUT2D eigenvalue weighted by Gasteiger charge is 2.29. The summed E-state index contributed by atoms with van der Waals surface area (Å²) in [7, 11) is 0. The molecule has 0 aromatic heterocycles. The van der Waals surface area contributed by atoms with Crippen LogP contribution in [0.4, 0.5) is 0 Å². The van der Waals surface area contributed by atoms with E-state index in [-0.39, 0.29) is 36.4 Å². The van der Waals surface area contributed by atoms with Crippen molar-refractivity contribution in [1.29, 1.82) is 0 Å². The normalized spacial score (nSPS) is 20.2. The number of benzene rings is 2. The number of ether oxygens (including phenoxy) is 2. The van der Waals surface area contributed by atoms with E-state index < -0.39 is 0 Å². The molecule has 6 bridgehead atoms. The molecule has 2 aromatic carbocycles. The first-order valence-electron chi connectivity index (χ1n) is 14.9. The third-order valence-electron chi connectivity index (χ3n) is 6.93. The summed E-state index contributed by atoms with van der Waals surface area (Å²) in [6.45, 7) is 11.4. The molecule has 218 valence electrons. The largest absolute Gasteiger partial charge is 0.494 e. The molecule has 0 radical (unpaired) electrons. The van der Waals surface area contributed by atoms with Gasteiger partial charge in [0.15, 0.2) is 5.96 Å². The molecular formula is C32H46N4O4. The van der Waals surface area contributed by atoms with Crippen molar-refractivity contribution in [3.05, 3.63) is 58.7 Å². The number of fused-ring (bicyclic) bond motifs is 5. The SMILES string of the molecule is CC.CCC.CCOc1ccc2cc1CN1C(=O)CC(CCCCc3ccc4c(c3)C(CCO4)NC2=O)N=C1N. The second-order valence-corrected chi connectivity index (χ2v) is 10.1. The maximum Gasteiger partial charge on any atom is 0.251 e. The molecule has 0 saturated heterocycles. The highest BCUT2D eigenvalue weighted by atomic mass is 16.5. The third kappa shape index (κ3) is 7.77. The van der Waals surface area contributed by atoms with Gasteiger partial charge in [0.05, 0.1) is 31.8 Å². The maximum absolute atomic E-state index is 13.3. The number of hydrogen-bond acceptors (Lipinski definition) is 6. The molecule has 4 heterocycles. The van der Waals surface area contributed by atoms with E-state index in [1.165, 1.54) is 16.9 Å². The van der Waals surface area contributed by atoms with Crippen molar-refractivity contribution in [2.24, 2.45) is 10.7 Å². The smallest absolute Gasteiger partial charge is 0.251 e. The van der Waals surface area contributed by atoms with Crippen molar-refractivity contribution >= 4 is 17.8 Å². The second kappa shape index (κ2) is 15.3. The van der Waals surface area contributed by atoms with Gasteiger partial charge in [-0.2, -0.15) is 0 Å². The molecule has 2 atom stereocenters. The number of guanidine groups is 1. The van der Waals surface area contributed by atoms with Crippen LogP contribution in [-0.4, -0.2) is 41.9 Å². The van der Waals surface area contributed by atoms with Crippen LogP contribution in [0.2, 0.25) is 0 Å². The average molecular weight is 551 g/mol. The molecule has 4 aliphatic rings. The summed E-state index contributed by atoms with van der Waals surface area (Å²) >= 11 is 0. The zero-order valence-corrected chi connectivity index (χ0v) is 24.8. The van der Waals surface area contributed by atoms with E-state index in [1.807, 2.05) is 26.8 Å². The van der Waals surface area contributed by atoms with Crippen LogP contribution < -0.4 is 20.5 Å². The van der Waals surface area contributed by atoms with E-state index in [2.05, 4.69) is 36.3 Å². The van der Waals surface area contributed by atoms with Crippen LogP contribution >= 0.6 is 0 Å². The zero-order chi connectivity index (χ0) is 29.1. The zero-order valence-electron chi connectivity index (χ0n) is 24.8. The molecule has 8 heteroatoms. The van der Waals surface area contributed by atoms with Crippen LogP contribution in [0.25, 0.3) is 0 Å². The van der Waals surface area contributed by atoms with Crippen molar-refractivity contribution in [2.75, 3.05) is 13.2 Å². The summed E-state index contributed by atoms with van der Waals surface area (Å²) in [5.41, 5.74) is 9.71. The lowest BCUT2D eigenvalue weighted by molar-refractivity contribution is -0.128. The summed E-state index contributed by atoms with van der Waals surface area (Å²) in [6.07, 6.45) is 5.99. The predicted molar refractivity (Wildman–Crippen MR) is 160 cm³/mol. The van der Waals surface area contributed by atoms with Crippen LogP contribution in [0.1, 0.15) is 106 Å². The number of aryl methyl sites for hydroxylation is 1. The summed E-state index contributed by atoms with van der Waals surface area (Å²) in [5.74, 6) is 1.46. The fourth-order valence-electron chi connectivity index (χ4n) is 5.09. The first-order valence-corrected chi connectivity index (χ1v) is 14.9. The summed E-state index contributed by atoms with van der Waals surface area (Å²) in [4.78, 5) is 32.4. The molecule has 8 nitrogen and oxygen atoms in total. The molecular weight excluding hydrogens is 504 g/mol. The number of aliphatic imine (C=N–C) groups is 1. The van der Waals surface area contributed by atoms with Crippen LogP contribution in [0.3, 0.4) is 0 Å². The summed E-state index contributed by atoms with van der Waals surface area (Å²) < 4.78 is 11.7. The van der Waals surface area contributed by atoms with E-state index in [0.29, 0.717) is 37.4 Å². The van der Waals surface area contributed by atoms with Gasteiger partial charge in [0, 0.05) is 29.5 Å². The topological polar surface area (TPSA) is 106 Å². The van der Waals surface area contributed by atoms with E-state index in [9.17, 15) is 9.59 Å². The molecule has 2 aromatic rings. The minimum absolute atomic E-state index is 0.0524. The summed E-state index contributed by atoms with van der Waals surface area (Å²) in [6, 6.07) is 11.4.